The molecule has 1 heterocycles. The normalized spacial score (nSPS) is 25.8. The van der Waals surface area contributed by atoms with Crippen LogP contribution in [-0.4, -0.2) is 69.1 Å². The number of carbonyl (C=O) groups excluding carboxylic acids is 3. The third-order valence-corrected chi connectivity index (χ3v) is 10.1. The lowest BCUT2D eigenvalue weighted by atomic mass is 9.55. The van der Waals surface area contributed by atoms with Crippen molar-refractivity contribution in [3.8, 4) is 0 Å². The van der Waals surface area contributed by atoms with Gasteiger partial charge in [0.15, 0.2) is 0 Å². The van der Waals surface area contributed by atoms with Crippen molar-refractivity contribution in [2.24, 2.45) is 29.1 Å². The Bertz CT molecular complexity index is 840. The first-order valence-electron chi connectivity index (χ1n) is 18.1. The topological polar surface area (TPSA) is 91.4 Å². The third-order valence-electron chi connectivity index (χ3n) is 10.1. The van der Waals surface area contributed by atoms with Crippen LogP contribution < -0.4 is 0 Å². The number of ether oxygens (including phenoxy) is 4. The van der Waals surface area contributed by atoms with Gasteiger partial charge >= 0.3 is 18.1 Å². The van der Waals surface area contributed by atoms with Crippen LogP contribution in [0.25, 0.3) is 0 Å². The molecule has 0 spiro atoms. The van der Waals surface area contributed by atoms with Crippen molar-refractivity contribution in [3.05, 3.63) is 0 Å². The van der Waals surface area contributed by atoms with Crippen molar-refractivity contribution in [1.29, 1.82) is 0 Å². The van der Waals surface area contributed by atoms with Crippen LogP contribution in [-0.2, 0) is 28.5 Å². The summed E-state index contributed by atoms with van der Waals surface area (Å²) < 4.78 is 22.0. The first-order valence-corrected chi connectivity index (χ1v) is 18.1. The Labute approximate surface area is 267 Å². The van der Waals surface area contributed by atoms with Crippen LogP contribution in [0.4, 0.5) is 4.79 Å². The van der Waals surface area contributed by atoms with Crippen LogP contribution in [0, 0.1) is 29.1 Å². The average molecular weight is 622 g/mol. The van der Waals surface area contributed by atoms with Gasteiger partial charge in [0.1, 0.15) is 19.8 Å². The molecule has 8 nitrogen and oxygen atoms in total. The molecule has 8 heteroatoms. The van der Waals surface area contributed by atoms with Gasteiger partial charge in [-0.25, -0.2) is 4.79 Å². The fraction of sp³-hybridized carbons (Fsp3) is 0.917. The van der Waals surface area contributed by atoms with Crippen LogP contribution >= 0.6 is 0 Å². The van der Waals surface area contributed by atoms with E-state index in [2.05, 4.69) is 25.7 Å². The predicted octanol–water partition coefficient (Wildman–Crippen LogP) is 8.10. The molecular formula is C36H63NO7. The highest BCUT2D eigenvalue weighted by Crippen LogP contribution is 2.55. The number of hydrogen-bond acceptors (Lipinski definition) is 8. The minimum absolute atomic E-state index is 0.0227. The van der Waals surface area contributed by atoms with Crippen molar-refractivity contribution in [2.75, 3.05) is 46.1 Å². The Hall–Kier alpha value is -1.83. The quantitative estimate of drug-likeness (QED) is 0.0721. The standard InChI is InChI=1S/C36H63NO7/c1-4-6-7-8-9-10-11-15-33(38)42-26-32(28-44-35(40)41-19-14-18-37-16-12-13-17-37)27-43-34(39)25-36-22-29(3)20-31(24-36)21-30(5-2)23-36/h29-32H,4-28H2,1-3H3/t29-,30+,31-,32?,36?/m0/s1. The Morgan fingerprint density at radius 1 is 0.773 bits per heavy atom. The molecule has 2 saturated carbocycles. The molecule has 0 aromatic heterocycles. The SMILES string of the molecule is CCCCCCCCCC(=O)OCC(COC(=O)CC12C[C@@H](C)C[C@@H](C[C@@H](CC)C1)C2)COC(=O)OCCCN1CCCC1. The number of unbranched alkanes of at least 4 members (excludes halogenated alkanes) is 6. The largest absolute Gasteiger partial charge is 0.508 e. The minimum atomic E-state index is -0.730. The lowest BCUT2D eigenvalue weighted by Crippen LogP contribution is -2.41. The summed E-state index contributed by atoms with van der Waals surface area (Å²) in [5, 5.41) is 0. The summed E-state index contributed by atoms with van der Waals surface area (Å²) in [5.74, 6) is 1.15. The predicted molar refractivity (Wildman–Crippen MR) is 172 cm³/mol. The smallest absolute Gasteiger partial charge is 0.465 e. The van der Waals surface area contributed by atoms with E-state index in [0.717, 1.165) is 64.6 Å². The van der Waals surface area contributed by atoms with E-state index >= 15 is 0 Å². The van der Waals surface area contributed by atoms with E-state index < -0.39 is 12.1 Å². The van der Waals surface area contributed by atoms with Gasteiger partial charge < -0.3 is 23.8 Å². The zero-order valence-corrected chi connectivity index (χ0v) is 28.3. The molecule has 3 fully saturated rings. The van der Waals surface area contributed by atoms with E-state index in [9.17, 15) is 14.4 Å². The molecule has 2 unspecified atom stereocenters. The number of likely N-dealkylation sites (tertiary alicyclic amines) is 1. The summed E-state index contributed by atoms with van der Waals surface area (Å²) in [6.07, 6.45) is 18.3. The van der Waals surface area contributed by atoms with Gasteiger partial charge in [0.2, 0.25) is 0 Å². The summed E-state index contributed by atoms with van der Waals surface area (Å²) in [4.78, 5) is 40.3. The lowest BCUT2D eigenvalue weighted by molar-refractivity contribution is -0.153. The van der Waals surface area contributed by atoms with Gasteiger partial charge in [-0.3, -0.25) is 9.59 Å². The van der Waals surface area contributed by atoms with Gasteiger partial charge in [-0.05, 0) is 94.0 Å². The van der Waals surface area contributed by atoms with Crippen molar-refractivity contribution < 1.29 is 33.3 Å². The number of esters is 2. The summed E-state index contributed by atoms with van der Waals surface area (Å²) in [6, 6.07) is 0. The number of rotatable bonds is 21. The molecule has 5 atom stereocenters. The second kappa shape index (κ2) is 20.3. The number of nitrogens with zero attached hydrogens (tertiary/aromatic N) is 1. The molecule has 0 aromatic rings. The Kier molecular flexibility index (Phi) is 16.9. The summed E-state index contributed by atoms with van der Waals surface area (Å²) >= 11 is 0. The number of hydrogen-bond donors (Lipinski definition) is 0. The van der Waals surface area contributed by atoms with Crippen molar-refractivity contribution in [1.82, 2.24) is 4.90 Å². The maximum atomic E-state index is 13.2. The molecule has 44 heavy (non-hydrogen) atoms. The Morgan fingerprint density at radius 2 is 1.45 bits per heavy atom. The van der Waals surface area contributed by atoms with E-state index in [1.165, 1.54) is 57.8 Å². The van der Waals surface area contributed by atoms with Gasteiger partial charge in [0, 0.05) is 13.0 Å². The molecule has 3 rings (SSSR count). The molecule has 1 aliphatic heterocycles. The second-order valence-corrected chi connectivity index (χ2v) is 14.4. The summed E-state index contributed by atoms with van der Waals surface area (Å²) in [7, 11) is 0. The highest BCUT2D eigenvalue weighted by Gasteiger charge is 2.46. The zero-order chi connectivity index (χ0) is 31.6. The second-order valence-electron chi connectivity index (χ2n) is 14.4. The Balaban J connectivity index is 1.43. The first-order chi connectivity index (χ1) is 21.3. The van der Waals surface area contributed by atoms with Crippen LogP contribution in [0.1, 0.15) is 136 Å². The van der Waals surface area contributed by atoms with Crippen LogP contribution in [0.3, 0.4) is 0 Å². The molecular weight excluding hydrogens is 558 g/mol. The Morgan fingerprint density at radius 3 is 2.18 bits per heavy atom. The van der Waals surface area contributed by atoms with E-state index in [0.29, 0.717) is 37.2 Å². The molecule has 2 bridgehead atoms. The maximum absolute atomic E-state index is 13.2. The fourth-order valence-corrected chi connectivity index (χ4v) is 8.11. The van der Waals surface area contributed by atoms with Crippen molar-refractivity contribution in [2.45, 2.75) is 136 Å². The third kappa shape index (κ3) is 14.1. The van der Waals surface area contributed by atoms with Gasteiger partial charge in [-0.2, -0.15) is 0 Å². The molecule has 0 radical (unpaired) electrons. The van der Waals surface area contributed by atoms with Gasteiger partial charge in [0.05, 0.1) is 18.9 Å². The van der Waals surface area contributed by atoms with Gasteiger partial charge in [-0.15, -0.1) is 0 Å². The number of fused-ring (bicyclic) bond motifs is 2. The van der Waals surface area contributed by atoms with E-state index in [4.69, 9.17) is 18.9 Å². The van der Waals surface area contributed by atoms with Gasteiger partial charge in [0.25, 0.3) is 0 Å². The monoisotopic (exact) mass is 621 g/mol. The minimum Gasteiger partial charge on any atom is -0.465 e. The maximum Gasteiger partial charge on any atom is 0.508 e. The summed E-state index contributed by atoms with van der Waals surface area (Å²) in [6.45, 7) is 10.3. The number of carbonyl (C=O) groups is 3. The van der Waals surface area contributed by atoms with E-state index in [1.807, 2.05) is 0 Å². The molecule has 0 amide bonds. The highest BCUT2D eigenvalue weighted by atomic mass is 16.7. The highest BCUT2D eigenvalue weighted by molar-refractivity contribution is 5.70. The van der Waals surface area contributed by atoms with Crippen molar-refractivity contribution in [3.63, 3.8) is 0 Å². The van der Waals surface area contributed by atoms with E-state index in [1.54, 1.807) is 0 Å². The van der Waals surface area contributed by atoms with E-state index in [-0.39, 0.29) is 37.2 Å². The molecule has 2 aliphatic carbocycles. The molecule has 0 aromatic carbocycles. The van der Waals surface area contributed by atoms with Crippen LogP contribution in [0.15, 0.2) is 0 Å². The lowest BCUT2D eigenvalue weighted by Gasteiger charge is -2.50. The fourth-order valence-electron chi connectivity index (χ4n) is 8.11. The molecule has 254 valence electrons. The first kappa shape index (κ1) is 36.6. The van der Waals surface area contributed by atoms with Crippen LogP contribution in [0.2, 0.25) is 0 Å². The molecule has 1 saturated heterocycles. The molecule has 3 aliphatic rings. The molecule has 0 N–H and O–H groups in total. The zero-order valence-electron chi connectivity index (χ0n) is 28.3. The summed E-state index contributed by atoms with van der Waals surface area (Å²) in [5.41, 5.74) is 0.0339. The average Bonchev–Trinajstić information content (AvgIpc) is 3.51. The van der Waals surface area contributed by atoms with Gasteiger partial charge in [-0.1, -0.05) is 65.7 Å². The van der Waals surface area contributed by atoms with Crippen LogP contribution in [0.5, 0.6) is 0 Å². The van der Waals surface area contributed by atoms with Crippen molar-refractivity contribution >= 4 is 18.1 Å².